The van der Waals surface area contributed by atoms with Crippen LogP contribution in [0.4, 0.5) is 0 Å². The maximum Gasteiger partial charge on any atom is 0.0701 e. The molecule has 1 saturated heterocycles. The zero-order chi connectivity index (χ0) is 15.3. The third kappa shape index (κ3) is 9.84. The summed E-state index contributed by atoms with van der Waals surface area (Å²) in [5.41, 5.74) is 0. The van der Waals surface area contributed by atoms with Gasteiger partial charge >= 0.3 is 0 Å². The number of unbranched alkanes of at least 4 members (excludes halogenated alkanes) is 1. The molecule has 0 spiro atoms. The van der Waals surface area contributed by atoms with E-state index in [4.69, 9.17) is 14.2 Å². The molecule has 0 radical (unpaired) electrons. The molecule has 1 fully saturated rings. The molecule has 1 rings (SSSR count). The zero-order valence-corrected chi connectivity index (χ0v) is 15.3. The van der Waals surface area contributed by atoms with Crippen molar-refractivity contribution in [2.45, 2.75) is 37.9 Å². The lowest BCUT2D eigenvalue weighted by Crippen LogP contribution is -2.41. The SMILES string of the molecule is CCCCOCCOCCOCCN1CCC(C)C(Br)C1. The molecule has 0 aromatic heterocycles. The standard InChI is InChI=1S/C16H32BrNO3/c1-3-4-8-19-10-12-21-13-11-20-9-7-18-6-5-15(2)16(17)14-18/h15-16H,3-14H2,1-2H3. The first-order chi connectivity index (χ1) is 10.2. The molecule has 2 atom stereocenters. The Bertz CT molecular complexity index is 244. The van der Waals surface area contributed by atoms with Crippen molar-refractivity contribution < 1.29 is 14.2 Å². The number of ether oxygens (including phenoxy) is 3. The van der Waals surface area contributed by atoms with E-state index < -0.39 is 0 Å². The van der Waals surface area contributed by atoms with Crippen LogP contribution >= 0.6 is 15.9 Å². The quantitative estimate of drug-likeness (QED) is 0.393. The van der Waals surface area contributed by atoms with E-state index in [-0.39, 0.29) is 0 Å². The topological polar surface area (TPSA) is 30.9 Å². The number of piperidine rings is 1. The maximum atomic E-state index is 5.62. The number of nitrogens with zero attached hydrogens (tertiary/aromatic N) is 1. The van der Waals surface area contributed by atoms with Gasteiger partial charge in [-0.2, -0.15) is 0 Å². The molecule has 1 aliphatic rings. The highest BCUT2D eigenvalue weighted by Crippen LogP contribution is 2.22. The van der Waals surface area contributed by atoms with Crippen LogP contribution in [0.1, 0.15) is 33.1 Å². The van der Waals surface area contributed by atoms with E-state index >= 15 is 0 Å². The third-order valence-corrected chi connectivity index (χ3v) is 5.08. The van der Waals surface area contributed by atoms with Gasteiger partial charge in [0, 0.05) is 24.5 Å². The average Bonchev–Trinajstić information content (AvgIpc) is 2.48. The first kappa shape index (κ1) is 19.4. The summed E-state index contributed by atoms with van der Waals surface area (Å²) in [5, 5.41) is 0. The van der Waals surface area contributed by atoms with E-state index in [0.29, 0.717) is 31.3 Å². The van der Waals surface area contributed by atoms with Crippen LogP contribution in [0.5, 0.6) is 0 Å². The van der Waals surface area contributed by atoms with Crippen LogP contribution in [0.25, 0.3) is 0 Å². The highest BCUT2D eigenvalue weighted by Gasteiger charge is 2.23. The molecule has 0 saturated carbocycles. The fourth-order valence-electron chi connectivity index (χ4n) is 2.27. The van der Waals surface area contributed by atoms with E-state index in [1.54, 1.807) is 0 Å². The van der Waals surface area contributed by atoms with Crippen LogP contribution < -0.4 is 0 Å². The van der Waals surface area contributed by atoms with Crippen molar-refractivity contribution in [1.29, 1.82) is 0 Å². The fraction of sp³-hybridized carbons (Fsp3) is 1.00. The van der Waals surface area contributed by atoms with Gasteiger partial charge in [-0.3, -0.25) is 4.90 Å². The molecule has 5 heteroatoms. The van der Waals surface area contributed by atoms with E-state index in [1.165, 1.54) is 19.4 Å². The second-order valence-electron chi connectivity index (χ2n) is 5.77. The van der Waals surface area contributed by atoms with Crippen molar-refractivity contribution in [2.24, 2.45) is 5.92 Å². The Hall–Kier alpha value is 0.320. The molecule has 21 heavy (non-hydrogen) atoms. The normalized spacial score (nSPS) is 23.6. The van der Waals surface area contributed by atoms with Crippen molar-refractivity contribution in [3.05, 3.63) is 0 Å². The molecule has 0 N–H and O–H groups in total. The van der Waals surface area contributed by atoms with E-state index in [9.17, 15) is 0 Å². The number of hydrogen-bond acceptors (Lipinski definition) is 4. The van der Waals surface area contributed by atoms with Crippen molar-refractivity contribution in [3.8, 4) is 0 Å². The summed E-state index contributed by atoms with van der Waals surface area (Å²) in [6.45, 7) is 12.2. The Labute approximate surface area is 138 Å². The van der Waals surface area contributed by atoms with Crippen LogP contribution in [0.3, 0.4) is 0 Å². The largest absolute Gasteiger partial charge is 0.379 e. The summed E-state index contributed by atoms with van der Waals surface area (Å²) in [4.78, 5) is 3.10. The number of likely N-dealkylation sites (tertiary alicyclic amines) is 1. The Morgan fingerprint density at radius 1 is 1.00 bits per heavy atom. The Morgan fingerprint density at radius 2 is 1.62 bits per heavy atom. The predicted molar refractivity (Wildman–Crippen MR) is 90.3 cm³/mol. The van der Waals surface area contributed by atoms with Crippen molar-refractivity contribution in [1.82, 2.24) is 4.90 Å². The van der Waals surface area contributed by atoms with Gasteiger partial charge in [-0.05, 0) is 25.3 Å². The summed E-state index contributed by atoms with van der Waals surface area (Å²) < 4.78 is 16.5. The average molecular weight is 366 g/mol. The van der Waals surface area contributed by atoms with Gasteiger partial charge in [0.1, 0.15) is 0 Å². The van der Waals surface area contributed by atoms with Crippen LogP contribution in [-0.4, -0.2) is 69.0 Å². The van der Waals surface area contributed by atoms with Gasteiger partial charge in [-0.1, -0.05) is 36.2 Å². The van der Waals surface area contributed by atoms with Gasteiger partial charge in [0.2, 0.25) is 0 Å². The lowest BCUT2D eigenvalue weighted by Gasteiger charge is -2.34. The highest BCUT2D eigenvalue weighted by molar-refractivity contribution is 9.09. The molecule has 0 aliphatic carbocycles. The summed E-state index contributed by atoms with van der Waals surface area (Å²) in [6.07, 6.45) is 3.59. The molecule has 126 valence electrons. The molecule has 1 heterocycles. The highest BCUT2D eigenvalue weighted by atomic mass is 79.9. The Morgan fingerprint density at radius 3 is 2.24 bits per heavy atom. The van der Waals surface area contributed by atoms with Crippen molar-refractivity contribution in [2.75, 3.05) is 59.3 Å². The molecular formula is C16H32BrNO3. The Balaban J connectivity index is 1.80. The van der Waals surface area contributed by atoms with Gasteiger partial charge in [-0.15, -0.1) is 0 Å². The number of hydrogen-bond donors (Lipinski definition) is 0. The molecule has 0 bridgehead atoms. The molecule has 4 nitrogen and oxygen atoms in total. The van der Waals surface area contributed by atoms with Crippen LogP contribution in [0.15, 0.2) is 0 Å². The Kier molecular flexibility index (Phi) is 11.8. The lowest BCUT2D eigenvalue weighted by molar-refractivity contribution is 0.00897. The minimum atomic E-state index is 0.627. The first-order valence-electron chi connectivity index (χ1n) is 8.33. The lowest BCUT2D eigenvalue weighted by atomic mass is 9.99. The van der Waals surface area contributed by atoms with Crippen molar-refractivity contribution >= 4 is 15.9 Å². The first-order valence-corrected chi connectivity index (χ1v) is 9.25. The zero-order valence-electron chi connectivity index (χ0n) is 13.7. The minimum Gasteiger partial charge on any atom is -0.379 e. The fourth-order valence-corrected chi connectivity index (χ4v) is 2.94. The van der Waals surface area contributed by atoms with E-state index in [2.05, 4.69) is 34.7 Å². The van der Waals surface area contributed by atoms with Gasteiger partial charge < -0.3 is 14.2 Å². The maximum absolute atomic E-state index is 5.62. The van der Waals surface area contributed by atoms with Crippen LogP contribution in [-0.2, 0) is 14.2 Å². The van der Waals surface area contributed by atoms with Crippen LogP contribution in [0, 0.1) is 5.92 Å². The summed E-state index contributed by atoms with van der Waals surface area (Å²) in [5.74, 6) is 0.787. The summed E-state index contributed by atoms with van der Waals surface area (Å²) >= 11 is 3.75. The van der Waals surface area contributed by atoms with Crippen LogP contribution in [0.2, 0.25) is 0 Å². The third-order valence-electron chi connectivity index (χ3n) is 3.89. The van der Waals surface area contributed by atoms with E-state index in [1.807, 2.05) is 0 Å². The smallest absolute Gasteiger partial charge is 0.0701 e. The molecule has 1 aliphatic heterocycles. The number of halogens is 1. The van der Waals surface area contributed by atoms with Gasteiger partial charge in [-0.25, -0.2) is 0 Å². The molecule has 0 amide bonds. The van der Waals surface area contributed by atoms with Gasteiger partial charge in [0.25, 0.3) is 0 Å². The second kappa shape index (κ2) is 12.8. The van der Waals surface area contributed by atoms with E-state index in [0.717, 1.165) is 38.6 Å². The van der Waals surface area contributed by atoms with Crippen molar-refractivity contribution in [3.63, 3.8) is 0 Å². The predicted octanol–water partition coefficient (Wildman–Crippen LogP) is 2.94. The monoisotopic (exact) mass is 365 g/mol. The number of alkyl halides is 1. The molecular weight excluding hydrogens is 334 g/mol. The molecule has 2 unspecified atom stereocenters. The molecule has 0 aromatic carbocycles. The summed E-state index contributed by atoms with van der Waals surface area (Å²) in [6, 6.07) is 0. The summed E-state index contributed by atoms with van der Waals surface area (Å²) in [7, 11) is 0. The minimum absolute atomic E-state index is 0.627. The number of rotatable bonds is 12. The van der Waals surface area contributed by atoms with Gasteiger partial charge in [0.05, 0.1) is 33.0 Å². The second-order valence-corrected chi connectivity index (χ2v) is 6.95. The molecule has 0 aromatic rings. The van der Waals surface area contributed by atoms with Gasteiger partial charge in [0.15, 0.2) is 0 Å².